The summed E-state index contributed by atoms with van der Waals surface area (Å²) >= 11 is 0. The molecule has 2 N–H and O–H groups in total. The molecule has 1 aromatic rings. The van der Waals surface area contributed by atoms with Gasteiger partial charge in [-0.25, -0.2) is 0 Å². The minimum absolute atomic E-state index is 0.0818. The van der Waals surface area contributed by atoms with Crippen LogP contribution in [0.5, 0.6) is 0 Å². The summed E-state index contributed by atoms with van der Waals surface area (Å²) in [6, 6.07) is 5.81. The van der Waals surface area contributed by atoms with Gasteiger partial charge in [0.25, 0.3) is 0 Å². The molecule has 5 heteroatoms. The smallest absolute Gasteiger partial charge is 0.310 e. The number of aliphatic carboxylic acids is 1. The number of benzene rings is 1. The number of carbonyl (C=O) groups excluding carboxylic acids is 1. The second-order valence-electron chi connectivity index (χ2n) is 5.94. The van der Waals surface area contributed by atoms with Crippen LogP contribution in [0.15, 0.2) is 24.3 Å². The van der Waals surface area contributed by atoms with Crippen molar-refractivity contribution in [2.45, 2.75) is 46.1 Å². The number of aliphatic hydroxyl groups excluding tert-OH is 1. The van der Waals surface area contributed by atoms with Gasteiger partial charge in [-0.2, -0.15) is 0 Å². The number of carbonyl (C=O) groups is 2. The number of carboxylic acid groups (broad SMARTS) is 1. The highest BCUT2D eigenvalue weighted by molar-refractivity contribution is 5.73. The van der Waals surface area contributed by atoms with Crippen LogP contribution in [-0.2, 0) is 14.3 Å². The zero-order valence-electron chi connectivity index (χ0n) is 14.7. The highest BCUT2D eigenvalue weighted by atomic mass is 16.5. The first-order valence-corrected chi connectivity index (χ1v) is 8.12. The molecule has 1 rings (SSSR count). The van der Waals surface area contributed by atoms with Gasteiger partial charge in [0.15, 0.2) is 0 Å². The van der Waals surface area contributed by atoms with Crippen molar-refractivity contribution in [2.24, 2.45) is 5.92 Å². The predicted molar refractivity (Wildman–Crippen MR) is 92.7 cm³/mol. The standard InChI is InChI=1S/C19H26O5/c1-5-17(21)24-18(14(4)19(22)23)13(3)16-9-8-12(2)11-15(16)7-6-10-20/h6-9,11,13-14,18,20H,5,10H2,1-4H3,(H,22,23)/b7-6+/t13-,14-,18+/m1/s1. The number of aryl methyl sites for hydroxylation is 1. The summed E-state index contributed by atoms with van der Waals surface area (Å²) in [5, 5.41) is 18.4. The summed E-state index contributed by atoms with van der Waals surface area (Å²) in [5.41, 5.74) is 2.82. The van der Waals surface area contributed by atoms with Crippen molar-refractivity contribution in [1.82, 2.24) is 0 Å². The van der Waals surface area contributed by atoms with E-state index < -0.39 is 24.0 Å². The van der Waals surface area contributed by atoms with Crippen LogP contribution in [0.3, 0.4) is 0 Å². The van der Waals surface area contributed by atoms with Gasteiger partial charge >= 0.3 is 11.9 Å². The van der Waals surface area contributed by atoms with Crippen LogP contribution in [0.25, 0.3) is 6.08 Å². The van der Waals surface area contributed by atoms with Gasteiger partial charge in [-0.05, 0) is 25.0 Å². The fraction of sp³-hybridized carbons (Fsp3) is 0.474. The average molecular weight is 334 g/mol. The molecule has 0 fully saturated rings. The molecular formula is C19H26O5. The number of hydrogen-bond acceptors (Lipinski definition) is 4. The number of carboxylic acids is 1. The van der Waals surface area contributed by atoms with Gasteiger partial charge in [0.1, 0.15) is 6.10 Å². The molecule has 0 heterocycles. The molecule has 0 aliphatic heterocycles. The van der Waals surface area contributed by atoms with E-state index >= 15 is 0 Å². The summed E-state index contributed by atoms with van der Waals surface area (Å²) in [6.07, 6.45) is 2.85. The minimum atomic E-state index is -1.00. The highest BCUT2D eigenvalue weighted by Crippen LogP contribution is 2.31. The molecule has 3 atom stereocenters. The van der Waals surface area contributed by atoms with Crippen molar-refractivity contribution in [2.75, 3.05) is 6.61 Å². The van der Waals surface area contributed by atoms with E-state index in [-0.39, 0.29) is 18.9 Å². The Labute approximate surface area is 143 Å². The Bertz CT molecular complexity index is 606. The summed E-state index contributed by atoms with van der Waals surface area (Å²) in [5.74, 6) is -2.55. The van der Waals surface area contributed by atoms with Crippen LogP contribution >= 0.6 is 0 Å². The maximum absolute atomic E-state index is 11.7. The normalized spacial score (nSPS) is 15.0. The first-order chi connectivity index (χ1) is 11.3. The molecule has 0 saturated heterocycles. The summed E-state index contributed by atoms with van der Waals surface area (Å²) in [4.78, 5) is 23.2. The Balaban J connectivity index is 3.26. The predicted octanol–water partition coefficient (Wildman–Crippen LogP) is 3.15. The molecule has 0 saturated carbocycles. The highest BCUT2D eigenvalue weighted by Gasteiger charge is 2.33. The van der Waals surface area contributed by atoms with Crippen LogP contribution in [0.1, 0.15) is 49.8 Å². The molecule has 5 nitrogen and oxygen atoms in total. The van der Waals surface area contributed by atoms with Crippen molar-refractivity contribution in [3.63, 3.8) is 0 Å². The van der Waals surface area contributed by atoms with E-state index in [4.69, 9.17) is 9.84 Å². The van der Waals surface area contributed by atoms with Gasteiger partial charge in [-0.1, -0.05) is 49.8 Å². The molecule has 0 radical (unpaired) electrons. The molecule has 1 aromatic carbocycles. The topological polar surface area (TPSA) is 83.8 Å². The third-order valence-electron chi connectivity index (χ3n) is 4.07. The summed E-state index contributed by atoms with van der Waals surface area (Å²) in [6.45, 7) is 6.95. The first-order valence-electron chi connectivity index (χ1n) is 8.12. The van der Waals surface area contributed by atoms with Crippen LogP contribution in [0.2, 0.25) is 0 Å². The van der Waals surface area contributed by atoms with Gasteiger partial charge in [0, 0.05) is 12.3 Å². The minimum Gasteiger partial charge on any atom is -0.481 e. The van der Waals surface area contributed by atoms with E-state index in [1.54, 1.807) is 26.0 Å². The monoisotopic (exact) mass is 334 g/mol. The molecule has 0 aliphatic carbocycles. The molecule has 0 spiro atoms. The number of aliphatic hydroxyl groups is 1. The average Bonchev–Trinajstić information content (AvgIpc) is 2.56. The Morgan fingerprint density at radius 2 is 1.96 bits per heavy atom. The van der Waals surface area contributed by atoms with Crippen LogP contribution in [-0.4, -0.2) is 34.9 Å². The largest absolute Gasteiger partial charge is 0.481 e. The fourth-order valence-corrected chi connectivity index (χ4v) is 2.62. The van der Waals surface area contributed by atoms with E-state index in [0.29, 0.717) is 0 Å². The van der Waals surface area contributed by atoms with E-state index in [2.05, 4.69) is 0 Å². The Morgan fingerprint density at radius 3 is 2.50 bits per heavy atom. The molecule has 24 heavy (non-hydrogen) atoms. The van der Waals surface area contributed by atoms with Crippen molar-refractivity contribution in [3.8, 4) is 0 Å². The summed E-state index contributed by atoms with van der Waals surface area (Å²) < 4.78 is 5.44. The second-order valence-corrected chi connectivity index (χ2v) is 5.94. The summed E-state index contributed by atoms with van der Waals surface area (Å²) in [7, 11) is 0. The molecule has 0 unspecified atom stereocenters. The molecule has 0 aliphatic rings. The number of hydrogen-bond donors (Lipinski definition) is 2. The quantitative estimate of drug-likeness (QED) is 0.714. The fourth-order valence-electron chi connectivity index (χ4n) is 2.62. The van der Waals surface area contributed by atoms with Gasteiger partial charge in [0.05, 0.1) is 12.5 Å². The Kier molecular flexibility index (Phi) is 7.65. The maximum atomic E-state index is 11.7. The van der Waals surface area contributed by atoms with Crippen molar-refractivity contribution >= 4 is 18.0 Å². The number of rotatable bonds is 8. The molecule has 0 amide bonds. The van der Waals surface area contributed by atoms with Crippen LogP contribution < -0.4 is 0 Å². The third kappa shape index (κ3) is 5.20. The first kappa shape index (κ1) is 19.9. The van der Waals surface area contributed by atoms with Gasteiger partial charge in [-0.3, -0.25) is 9.59 Å². The molecular weight excluding hydrogens is 308 g/mol. The van der Waals surface area contributed by atoms with Crippen molar-refractivity contribution < 1.29 is 24.5 Å². The number of esters is 1. The van der Waals surface area contributed by atoms with Crippen molar-refractivity contribution in [1.29, 1.82) is 0 Å². The molecule has 0 bridgehead atoms. The van der Waals surface area contributed by atoms with Gasteiger partial charge in [0.2, 0.25) is 0 Å². The lowest BCUT2D eigenvalue weighted by Crippen LogP contribution is -2.35. The van der Waals surface area contributed by atoms with Crippen LogP contribution in [0.4, 0.5) is 0 Å². The maximum Gasteiger partial charge on any atom is 0.310 e. The SMILES string of the molecule is CCC(=O)O[C@@H]([C@H](C)c1ccc(C)cc1/C=C/CO)[C@@H](C)C(=O)O. The molecule has 132 valence electrons. The number of ether oxygens (including phenoxy) is 1. The van der Waals surface area contributed by atoms with Crippen molar-refractivity contribution in [3.05, 3.63) is 41.0 Å². The van der Waals surface area contributed by atoms with E-state index in [0.717, 1.165) is 16.7 Å². The second kappa shape index (κ2) is 9.23. The molecule has 0 aromatic heterocycles. The van der Waals surface area contributed by atoms with Gasteiger partial charge < -0.3 is 14.9 Å². The van der Waals surface area contributed by atoms with E-state index in [1.165, 1.54) is 0 Å². The zero-order chi connectivity index (χ0) is 18.3. The lowest BCUT2D eigenvalue weighted by Gasteiger charge is -2.28. The van der Waals surface area contributed by atoms with E-state index in [9.17, 15) is 14.7 Å². The lowest BCUT2D eigenvalue weighted by atomic mass is 9.84. The third-order valence-corrected chi connectivity index (χ3v) is 4.07. The van der Waals surface area contributed by atoms with E-state index in [1.807, 2.05) is 32.0 Å². The van der Waals surface area contributed by atoms with Crippen LogP contribution in [0, 0.1) is 12.8 Å². The zero-order valence-corrected chi connectivity index (χ0v) is 14.7. The Morgan fingerprint density at radius 1 is 1.29 bits per heavy atom. The lowest BCUT2D eigenvalue weighted by molar-refractivity contribution is -0.159. The van der Waals surface area contributed by atoms with Gasteiger partial charge in [-0.15, -0.1) is 0 Å². The Hall–Kier alpha value is -2.14.